The third kappa shape index (κ3) is 4.41. The van der Waals surface area contributed by atoms with E-state index in [-0.39, 0.29) is 11.5 Å². The van der Waals surface area contributed by atoms with Crippen molar-refractivity contribution in [3.8, 4) is 6.07 Å². The maximum atomic E-state index is 12.7. The fourth-order valence-corrected chi connectivity index (χ4v) is 3.96. The molecule has 8 nitrogen and oxygen atoms in total. The third-order valence-electron chi connectivity index (χ3n) is 6.02. The summed E-state index contributed by atoms with van der Waals surface area (Å²) < 4.78 is 5.27. The molecule has 2 fully saturated rings. The number of aromatic nitrogens is 1. The van der Waals surface area contributed by atoms with Crippen molar-refractivity contribution in [2.75, 3.05) is 61.4 Å². The van der Waals surface area contributed by atoms with Crippen LogP contribution in [0.1, 0.15) is 36.1 Å². The van der Waals surface area contributed by atoms with Gasteiger partial charge >= 0.3 is 0 Å². The Morgan fingerprint density at radius 3 is 2.57 bits per heavy atom. The molecule has 2 aromatic heterocycles. The van der Waals surface area contributed by atoms with E-state index in [0.717, 1.165) is 63.5 Å². The van der Waals surface area contributed by atoms with E-state index < -0.39 is 5.91 Å². The van der Waals surface area contributed by atoms with Gasteiger partial charge in [-0.25, -0.2) is 4.98 Å². The topological polar surface area (TPSA) is 88.6 Å². The molecule has 2 aliphatic rings. The molecule has 0 aromatic carbocycles. The van der Waals surface area contributed by atoms with E-state index in [1.165, 1.54) is 12.1 Å². The standard InChI is InChI=1S/C22H28N6O2/c1-16-5-7-28(8-6-16)19-13-17(27-11-9-26(2)10-12-27)15-24-21(19)25-22(29)20-4-3-18(14-23)30-20/h3-4,13,15-16H,5-12H2,1-2H3,(H,24,25,29). The van der Waals surface area contributed by atoms with Crippen LogP contribution in [0.15, 0.2) is 28.8 Å². The van der Waals surface area contributed by atoms with Crippen molar-refractivity contribution in [1.82, 2.24) is 9.88 Å². The number of hydrogen-bond acceptors (Lipinski definition) is 7. The lowest BCUT2D eigenvalue weighted by Gasteiger charge is -2.36. The van der Waals surface area contributed by atoms with Gasteiger partial charge in [0.25, 0.3) is 5.91 Å². The number of piperidine rings is 1. The second kappa shape index (κ2) is 8.76. The summed E-state index contributed by atoms with van der Waals surface area (Å²) in [4.78, 5) is 24.3. The minimum absolute atomic E-state index is 0.106. The molecular weight excluding hydrogens is 380 g/mol. The van der Waals surface area contributed by atoms with E-state index in [0.29, 0.717) is 11.7 Å². The van der Waals surface area contributed by atoms with Crippen molar-refractivity contribution >= 4 is 23.1 Å². The summed E-state index contributed by atoms with van der Waals surface area (Å²) in [6, 6.07) is 7.05. The summed E-state index contributed by atoms with van der Waals surface area (Å²) >= 11 is 0. The lowest BCUT2D eigenvalue weighted by Crippen LogP contribution is -2.44. The number of likely N-dealkylation sites (N-methyl/N-ethyl adjacent to an activating group) is 1. The molecule has 0 atom stereocenters. The molecule has 30 heavy (non-hydrogen) atoms. The van der Waals surface area contributed by atoms with Crippen LogP contribution in [0.25, 0.3) is 0 Å². The van der Waals surface area contributed by atoms with E-state index in [9.17, 15) is 4.79 Å². The molecule has 8 heteroatoms. The zero-order chi connectivity index (χ0) is 21.1. The number of carbonyl (C=O) groups excluding carboxylic acids is 1. The molecule has 0 aliphatic carbocycles. The van der Waals surface area contributed by atoms with Crippen LogP contribution in [0.3, 0.4) is 0 Å². The number of nitrogens with zero attached hydrogens (tertiary/aromatic N) is 5. The van der Waals surface area contributed by atoms with E-state index in [2.05, 4.69) is 45.0 Å². The van der Waals surface area contributed by atoms with Crippen LogP contribution < -0.4 is 15.1 Å². The summed E-state index contributed by atoms with van der Waals surface area (Å²) in [5, 5.41) is 11.8. The fraction of sp³-hybridized carbons (Fsp3) is 0.500. The van der Waals surface area contributed by atoms with Crippen LogP contribution in [-0.4, -0.2) is 62.1 Å². The largest absolute Gasteiger partial charge is 0.440 e. The van der Waals surface area contributed by atoms with Gasteiger partial charge in [-0.3, -0.25) is 4.79 Å². The average molecular weight is 409 g/mol. The molecular formula is C22H28N6O2. The van der Waals surface area contributed by atoms with Gasteiger partial charge in [-0.2, -0.15) is 5.26 Å². The number of pyridine rings is 1. The average Bonchev–Trinajstić information content (AvgIpc) is 3.25. The Balaban J connectivity index is 1.59. The summed E-state index contributed by atoms with van der Waals surface area (Å²) in [6.07, 6.45) is 4.07. The first-order valence-electron chi connectivity index (χ1n) is 10.5. The van der Waals surface area contributed by atoms with Crippen molar-refractivity contribution in [2.24, 2.45) is 5.92 Å². The van der Waals surface area contributed by atoms with E-state index >= 15 is 0 Å². The lowest BCUT2D eigenvalue weighted by molar-refractivity contribution is 0.0995. The summed E-state index contributed by atoms with van der Waals surface area (Å²) in [6.45, 7) is 8.13. The number of hydrogen-bond donors (Lipinski definition) is 1. The van der Waals surface area contributed by atoms with Gasteiger partial charge in [-0.15, -0.1) is 0 Å². The van der Waals surface area contributed by atoms with Gasteiger partial charge in [-0.05, 0) is 44.0 Å². The molecule has 4 heterocycles. The summed E-state index contributed by atoms with van der Waals surface area (Å²) in [7, 11) is 2.14. The second-order valence-corrected chi connectivity index (χ2v) is 8.25. The molecule has 4 rings (SSSR count). The van der Waals surface area contributed by atoms with E-state index in [1.807, 2.05) is 12.3 Å². The Kier molecular flexibility index (Phi) is 5.91. The Bertz CT molecular complexity index is 933. The van der Waals surface area contributed by atoms with Crippen LogP contribution in [0, 0.1) is 17.2 Å². The molecule has 1 amide bonds. The molecule has 0 spiro atoms. The molecule has 0 saturated carbocycles. The Morgan fingerprint density at radius 2 is 1.90 bits per heavy atom. The Morgan fingerprint density at radius 1 is 1.17 bits per heavy atom. The highest BCUT2D eigenvalue weighted by atomic mass is 16.3. The zero-order valence-electron chi connectivity index (χ0n) is 17.6. The zero-order valence-corrected chi connectivity index (χ0v) is 17.6. The van der Waals surface area contributed by atoms with E-state index in [4.69, 9.17) is 9.68 Å². The quantitative estimate of drug-likeness (QED) is 0.832. The highest BCUT2D eigenvalue weighted by Crippen LogP contribution is 2.32. The van der Waals surface area contributed by atoms with Gasteiger partial charge in [-0.1, -0.05) is 6.92 Å². The maximum absolute atomic E-state index is 12.7. The van der Waals surface area contributed by atoms with Crippen LogP contribution in [-0.2, 0) is 0 Å². The van der Waals surface area contributed by atoms with Gasteiger partial charge in [0.15, 0.2) is 11.6 Å². The number of anilines is 3. The molecule has 2 aliphatic heterocycles. The predicted octanol–water partition coefficient (Wildman–Crippen LogP) is 2.79. The number of furan rings is 1. The summed E-state index contributed by atoms with van der Waals surface area (Å²) in [5.74, 6) is 1.06. The highest BCUT2D eigenvalue weighted by Gasteiger charge is 2.23. The number of carbonyl (C=O) groups is 1. The van der Waals surface area contributed by atoms with Crippen molar-refractivity contribution in [2.45, 2.75) is 19.8 Å². The Hall–Kier alpha value is -3.05. The van der Waals surface area contributed by atoms with Crippen molar-refractivity contribution < 1.29 is 9.21 Å². The molecule has 2 aromatic rings. The molecule has 2 saturated heterocycles. The van der Waals surface area contributed by atoms with Crippen molar-refractivity contribution in [3.05, 3.63) is 35.9 Å². The van der Waals surface area contributed by atoms with Crippen LogP contribution in [0.4, 0.5) is 17.2 Å². The first-order chi connectivity index (χ1) is 14.5. The highest BCUT2D eigenvalue weighted by molar-refractivity contribution is 6.03. The van der Waals surface area contributed by atoms with Gasteiger partial charge in [0, 0.05) is 39.3 Å². The normalized spacial score (nSPS) is 18.3. The summed E-state index contributed by atoms with van der Waals surface area (Å²) in [5.41, 5.74) is 2.03. The number of piperazine rings is 1. The fourth-order valence-electron chi connectivity index (χ4n) is 3.96. The molecule has 158 valence electrons. The van der Waals surface area contributed by atoms with Crippen LogP contribution in [0.5, 0.6) is 0 Å². The first kappa shape index (κ1) is 20.2. The van der Waals surface area contributed by atoms with Crippen molar-refractivity contribution in [3.63, 3.8) is 0 Å². The predicted molar refractivity (Wildman–Crippen MR) is 116 cm³/mol. The molecule has 0 bridgehead atoms. The second-order valence-electron chi connectivity index (χ2n) is 8.25. The minimum Gasteiger partial charge on any atom is -0.440 e. The lowest BCUT2D eigenvalue weighted by atomic mass is 9.99. The minimum atomic E-state index is -0.400. The smallest absolute Gasteiger partial charge is 0.292 e. The molecule has 0 radical (unpaired) electrons. The van der Waals surface area contributed by atoms with Gasteiger partial charge in [0.2, 0.25) is 5.76 Å². The van der Waals surface area contributed by atoms with Crippen LogP contribution >= 0.6 is 0 Å². The molecule has 0 unspecified atom stereocenters. The molecule has 1 N–H and O–H groups in total. The van der Waals surface area contributed by atoms with E-state index in [1.54, 1.807) is 0 Å². The first-order valence-corrected chi connectivity index (χ1v) is 10.5. The maximum Gasteiger partial charge on any atom is 0.292 e. The number of rotatable bonds is 4. The number of nitrogens with one attached hydrogen (secondary N) is 1. The van der Waals surface area contributed by atoms with Gasteiger partial charge in [0.05, 0.1) is 17.6 Å². The van der Waals surface area contributed by atoms with Gasteiger partial charge in [0.1, 0.15) is 6.07 Å². The third-order valence-corrected chi connectivity index (χ3v) is 6.02. The van der Waals surface area contributed by atoms with Crippen molar-refractivity contribution in [1.29, 1.82) is 5.26 Å². The SMILES string of the molecule is CC1CCN(c2cc(N3CCN(C)CC3)cnc2NC(=O)c2ccc(C#N)o2)CC1. The number of nitriles is 1. The van der Waals surface area contributed by atoms with Gasteiger partial charge < -0.3 is 24.4 Å². The van der Waals surface area contributed by atoms with Crippen LogP contribution in [0.2, 0.25) is 0 Å². The Labute approximate surface area is 177 Å². The monoisotopic (exact) mass is 408 g/mol. The number of amides is 1.